The zero-order valence-electron chi connectivity index (χ0n) is 17.1. The average molecular weight is 313 g/mol. The van der Waals surface area contributed by atoms with Crippen molar-refractivity contribution in [2.24, 2.45) is 5.41 Å². The molecule has 0 aliphatic heterocycles. The summed E-state index contributed by atoms with van der Waals surface area (Å²) in [6.07, 6.45) is 7.92. The van der Waals surface area contributed by atoms with E-state index in [1.807, 2.05) is 0 Å². The van der Waals surface area contributed by atoms with Crippen molar-refractivity contribution in [2.45, 2.75) is 105 Å². The van der Waals surface area contributed by atoms with Crippen molar-refractivity contribution >= 4 is 0 Å². The van der Waals surface area contributed by atoms with Crippen LogP contribution in [0.4, 0.5) is 0 Å². The molecule has 0 aliphatic rings. The molecule has 0 fully saturated rings. The second kappa shape index (κ2) is 10.6. The van der Waals surface area contributed by atoms with Crippen LogP contribution in [0.2, 0.25) is 0 Å². The van der Waals surface area contributed by atoms with Gasteiger partial charge in [-0.25, -0.2) is 0 Å². The summed E-state index contributed by atoms with van der Waals surface area (Å²) in [5.41, 5.74) is 0.440. The number of hydrogen-bond donors (Lipinski definition) is 0. The first-order valence-corrected chi connectivity index (χ1v) is 9.53. The van der Waals surface area contributed by atoms with E-state index in [1.54, 1.807) is 0 Å². The summed E-state index contributed by atoms with van der Waals surface area (Å²) in [7, 11) is 4.55. The summed E-state index contributed by atoms with van der Waals surface area (Å²) >= 11 is 0. The first-order chi connectivity index (χ1) is 10.1. The molecule has 0 bridgehead atoms. The van der Waals surface area contributed by atoms with Gasteiger partial charge in [0.05, 0.1) is 0 Å². The molecule has 0 rings (SSSR count). The minimum atomic E-state index is 0.440. The Kier molecular flexibility index (Phi) is 10.6. The van der Waals surface area contributed by atoms with Gasteiger partial charge in [-0.2, -0.15) is 0 Å². The Morgan fingerprint density at radius 3 is 2.00 bits per heavy atom. The van der Waals surface area contributed by atoms with E-state index in [0.717, 1.165) is 0 Å². The van der Waals surface area contributed by atoms with E-state index in [9.17, 15) is 0 Å². The third-order valence-corrected chi connectivity index (χ3v) is 5.46. The molecular weight excluding hydrogens is 268 g/mol. The van der Waals surface area contributed by atoms with Crippen molar-refractivity contribution in [3.63, 3.8) is 0 Å². The highest BCUT2D eigenvalue weighted by molar-refractivity contribution is 4.79. The fraction of sp³-hybridized carbons (Fsp3) is 1.00. The van der Waals surface area contributed by atoms with Gasteiger partial charge in [-0.3, -0.25) is 0 Å². The Morgan fingerprint density at radius 1 is 0.909 bits per heavy atom. The Balaban J connectivity index is 4.21. The third-order valence-electron chi connectivity index (χ3n) is 5.46. The van der Waals surface area contributed by atoms with Crippen molar-refractivity contribution in [2.75, 3.05) is 20.6 Å². The lowest BCUT2D eigenvalue weighted by Gasteiger charge is -2.36. The van der Waals surface area contributed by atoms with Gasteiger partial charge < -0.3 is 9.80 Å². The Bertz CT molecular complexity index is 273. The maximum atomic E-state index is 2.59. The van der Waals surface area contributed by atoms with Gasteiger partial charge in [-0.05, 0) is 79.4 Å². The van der Waals surface area contributed by atoms with Crippen LogP contribution in [-0.2, 0) is 0 Å². The molecule has 0 aromatic heterocycles. The van der Waals surface area contributed by atoms with E-state index >= 15 is 0 Å². The predicted molar refractivity (Wildman–Crippen MR) is 102 cm³/mol. The molecule has 0 N–H and O–H groups in total. The summed E-state index contributed by atoms with van der Waals surface area (Å²) < 4.78 is 0. The van der Waals surface area contributed by atoms with Crippen LogP contribution >= 0.6 is 0 Å². The molecule has 2 unspecified atom stereocenters. The van der Waals surface area contributed by atoms with Gasteiger partial charge in [0, 0.05) is 18.1 Å². The van der Waals surface area contributed by atoms with Crippen molar-refractivity contribution in [1.29, 1.82) is 0 Å². The van der Waals surface area contributed by atoms with Gasteiger partial charge in [0.1, 0.15) is 0 Å². The maximum Gasteiger partial charge on any atom is 0.00717 e. The molecule has 0 aromatic rings. The molecule has 0 amide bonds. The van der Waals surface area contributed by atoms with Crippen LogP contribution in [0.3, 0.4) is 0 Å². The van der Waals surface area contributed by atoms with E-state index in [-0.39, 0.29) is 0 Å². The standard InChI is InChI=1S/C20H44N2/c1-10-11-13-18(4)22(9)19(5)16-20(6,7)14-12-15-21(8)17(2)3/h17-19H,10-16H2,1-9H3. The fourth-order valence-electron chi connectivity index (χ4n) is 3.25. The zero-order valence-corrected chi connectivity index (χ0v) is 17.1. The first-order valence-electron chi connectivity index (χ1n) is 9.53. The van der Waals surface area contributed by atoms with Crippen molar-refractivity contribution in [3.05, 3.63) is 0 Å². The van der Waals surface area contributed by atoms with E-state index in [1.165, 1.54) is 45.1 Å². The molecule has 2 nitrogen and oxygen atoms in total. The van der Waals surface area contributed by atoms with Gasteiger partial charge >= 0.3 is 0 Å². The summed E-state index contributed by atoms with van der Waals surface area (Å²) in [5.74, 6) is 0. The monoisotopic (exact) mass is 312 g/mol. The second-order valence-electron chi connectivity index (χ2n) is 8.55. The molecule has 0 heterocycles. The Labute approximate surface area is 141 Å². The number of unbranched alkanes of at least 4 members (excludes halogenated alkanes) is 1. The quantitative estimate of drug-likeness (QED) is 0.474. The topological polar surface area (TPSA) is 6.48 Å². The van der Waals surface area contributed by atoms with E-state index in [4.69, 9.17) is 0 Å². The lowest BCUT2D eigenvalue weighted by molar-refractivity contribution is 0.129. The second-order valence-corrected chi connectivity index (χ2v) is 8.55. The van der Waals surface area contributed by atoms with E-state index in [2.05, 4.69) is 72.4 Å². The molecule has 0 radical (unpaired) electrons. The third kappa shape index (κ3) is 9.15. The van der Waals surface area contributed by atoms with Gasteiger partial charge in [0.25, 0.3) is 0 Å². The molecule has 134 valence electrons. The lowest BCUT2D eigenvalue weighted by Crippen LogP contribution is -2.39. The van der Waals surface area contributed by atoms with E-state index < -0.39 is 0 Å². The zero-order chi connectivity index (χ0) is 17.3. The summed E-state index contributed by atoms with van der Waals surface area (Å²) in [4.78, 5) is 5.05. The molecular formula is C20H44N2. The lowest BCUT2D eigenvalue weighted by atomic mass is 9.81. The summed E-state index contributed by atoms with van der Waals surface area (Å²) in [6, 6.07) is 2.04. The normalized spacial score (nSPS) is 15.8. The van der Waals surface area contributed by atoms with Gasteiger partial charge in [-0.15, -0.1) is 0 Å². The highest BCUT2D eigenvalue weighted by Crippen LogP contribution is 2.30. The van der Waals surface area contributed by atoms with Crippen LogP contribution in [0.15, 0.2) is 0 Å². The Morgan fingerprint density at radius 2 is 1.50 bits per heavy atom. The van der Waals surface area contributed by atoms with Crippen LogP contribution in [-0.4, -0.2) is 48.6 Å². The van der Waals surface area contributed by atoms with Crippen LogP contribution in [0.25, 0.3) is 0 Å². The number of nitrogens with zero attached hydrogens (tertiary/aromatic N) is 2. The largest absolute Gasteiger partial charge is 0.304 e. The van der Waals surface area contributed by atoms with Crippen molar-refractivity contribution in [3.8, 4) is 0 Å². The van der Waals surface area contributed by atoms with E-state index in [0.29, 0.717) is 23.5 Å². The number of rotatable bonds is 12. The van der Waals surface area contributed by atoms with Crippen molar-refractivity contribution in [1.82, 2.24) is 9.80 Å². The minimum Gasteiger partial charge on any atom is -0.304 e. The van der Waals surface area contributed by atoms with Gasteiger partial charge in [0.15, 0.2) is 0 Å². The molecule has 0 saturated heterocycles. The molecule has 0 aromatic carbocycles. The van der Waals surface area contributed by atoms with Gasteiger partial charge in [-0.1, -0.05) is 33.6 Å². The minimum absolute atomic E-state index is 0.440. The fourth-order valence-corrected chi connectivity index (χ4v) is 3.25. The molecule has 22 heavy (non-hydrogen) atoms. The summed E-state index contributed by atoms with van der Waals surface area (Å²) in [6.45, 7) is 17.7. The number of hydrogen-bond acceptors (Lipinski definition) is 2. The Hall–Kier alpha value is -0.0800. The molecule has 0 spiro atoms. The predicted octanol–water partition coefficient (Wildman–Crippen LogP) is 5.42. The highest BCUT2D eigenvalue weighted by atomic mass is 15.1. The SMILES string of the molecule is CCCCC(C)N(C)C(C)CC(C)(C)CCCN(C)C(C)C. The van der Waals surface area contributed by atoms with Gasteiger partial charge in [0.2, 0.25) is 0 Å². The first kappa shape index (κ1) is 21.9. The summed E-state index contributed by atoms with van der Waals surface area (Å²) in [5, 5.41) is 0. The van der Waals surface area contributed by atoms with Crippen LogP contribution in [0.5, 0.6) is 0 Å². The molecule has 0 saturated carbocycles. The smallest absolute Gasteiger partial charge is 0.00717 e. The van der Waals surface area contributed by atoms with Crippen LogP contribution in [0.1, 0.15) is 87.0 Å². The van der Waals surface area contributed by atoms with Crippen molar-refractivity contribution < 1.29 is 0 Å². The molecule has 2 atom stereocenters. The highest BCUT2D eigenvalue weighted by Gasteiger charge is 2.25. The molecule has 0 aliphatic carbocycles. The molecule has 2 heteroatoms. The average Bonchev–Trinajstić information content (AvgIpc) is 2.42. The van der Waals surface area contributed by atoms with Crippen LogP contribution in [0, 0.1) is 5.41 Å². The maximum absolute atomic E-state index is 2.59. The van der Waals surface area contributed by atoms with Crippen LogP contribution < -0.4 is 0 Å².